The summed E-state index contributed by atoms with van der Waals surface area (Å²) in [6, 6.07) is 14.5. The van der Waals surface area contributed by atoms with Gasteiger partial charge in [0.05, 0.1) is 27.4 Å². The maximum Gasteiger partial charge on any atom is 0.318 e. The molecule has 3 amide bonds. The number of nitrogens with one attached hydrogen (secondary N) is 1. The van der Waals surface area contributed by atoms with Crippen molar-refractivity contribution in [1.29, 1.82) is 0 Å². The number of rotatable bonds is 10. The number of carbonyl (C=O) groups excluding carboxylic acids is 3. The summed E-state index contributed by atoms with van der Waals surface area (Å²) in [4.78, 5) is 59.7. The second-order valence-corrected chi connectivity index (χ2v) is 9.58. The van der Waals surface area contributed by atoms with Crippen LogP contribution in [0.1, 0.15) is 18.1 Å². The minimum Gasteiger partial charge on any atom is -0.490 e. The van der Waals surface area contributed by atoms with Gasteiger partial charge in [0, 0.05) is 11.8 Å². The van der Waals surface area contributed by atoms with Gasteiger partial charge in [0.1, 0.15) is 6.54 Å². The van der Waals surface area contributed by atoms with Crippen LogP contribution in [0.3, 0.4) is 0 Å². The van der Waals surface area contributed by atoms with E-state index >= 15 is 0 Å². The van der Waals surface area contributed by atoms with Gasteiger partial charge in [-0.1, -0.05) is 23.8 Å². The fourth-order valence-electron chi connectivity index (χ4n) is 3.70. The molecule has 0 aliphatic carbocycles. The molecule has 1 aliphatic rings. The van der Waals surface area contributed by atoms with Crippen LogP contribution in [-0.2, 0) is 9.59 Å². The third-order valence-electron chi connectivity index (χ3n) is 5.65. The van der Waals surface area contributed by atoms with Crippen LogP contribution in [0.4, 0.5) is 21.9 Å². The van der Waals surface area contributed by atoms with Gasteiger partial charge in [-0.25, -0.2) is 0 Å². The minimum absolute atomic E-state index is 0.0836. The Labute approximate surface area is 237 Å². The lowest BCUT2D eigenvalue weighted by Gasteiger charge is -2.13. The Morgan fingerprint density at radius 1 is 0.976 bits per heavy atom. The summed E-state index contributed by atoms with van der Waals surface area (Å²) in [6.45, 7) is 3.36. The lowest BCUT2D eigenvalue weighted by Crippen LogP contribution is -2.36. The summed E-state index contributed by atoms with van der Waals surface area (Å²) in [6.07, 6.45) is 1.45. The summed E-state index contributed by atoms with van der Waals surface area (Å²) in [5.41, 5.74) is 0.928. The van der Waals surface area contributed by atoms with Crippen molar-refractivity contribution >= 4 is 52.0 Å². The van der Waals surface area contributed by atoms with Crippen LogP contribution in [-0.4, -0.2) is 45.0 Å². The van der Waals surface area contributed by atoms with Crippen molar-refractivity contribution in [2.75, 3.05) is 18.5 Å². The predicted octanol–water partition coefficient (Wildman–Crippen LogP) is 5.68. The maximum atomic E-state index is 12.9. The molecule has 3 aromatic rings. The van der Waals surface area contributed by atoms with Crippen LogP contribution < -0.4 is 14.8 Å². The lowest BCUT2D eigenvalue weighted by molar-refractivity contribution is -0.394. The highest BCUT2D eigenvalue weighted by molar-refractivity contribution is 8.18. The first-order valence-electron chi connectivity index (χ1n) is 12.0. The van der Waals surface area contributed by atoms with Crippen molar-refractivity contribution in [3.63, 3.8) is 0 Å². The minimum atomic E-state index is -0.797. The molecule has 0 spiro atoms. The van der Waals surface area contributed by atoms with Crippen LogP contribution in [0.25, 0.3) is 6.08 Å². The fourth-order valence-corrected chi connectivity index (χ4v) is 4.54. The first-order chi connectivity index (χ1) is 19.5. The van der Waals surface area contributed by atoms with Crippen molar-refractivity contribution in [2.45, 2.75) is 13.8 Å². The molecule has 210 valence electrons. The third-order valence-corrected chi connectivity index (χ3v) is 6.55. The van der Waals surface area contributed by atoms with E-state index in [-0.39, 0.29) is 28.8 Å². The van der Waals surface area contributed by atoms with E-state index in [4.69, 9.17) is 9.47 Å². The molecule has 1 saturated heterocycles. The standard InChI is InChI=1S/C27H22N4O9S/c1-3-39-23-12-17(6-10-22(23)40-21-11-9-19(30(35)36)14-20(21)31(37)38)13-24-26(33)29(27(34)41-24)15-25(32)28-18-7-4-16(2)5-8-18/h4-14H,3,15H2,1-2H3,(H,28,32)/b24-13+. The van der Waals surface area contributed by atoms with E-state index in [1.165, 1.54) is 24.3 Å². The molecule has 1 N–H and O–H groups in total. The zero-order chi connectivity index (χ0) is 29.7. The number of aryl methyl sites for hydroxylation is 1. The second-order valence-electron chi connectivity index (χ2n) is 8.59. The Morgan fingerprint density at radius 2 is 1.68 bits per heavy atom. The fraction of sp³-hybridized carbons (Fsp3) is 0.148. The van der Waals surface area contributed by atoms with Gasteiger partial charge in [-0.05, 0) is 67.6 Å². The lowest BCUT2D eigenvalue weighted by atomic mass is 10.1. The summed E-state index contributed by atoms with van der Waals surface area (Å²) in [5, 5.41) is 24.5. The number of thioether (sulfide) groups is 1. The molecule has 0 saturated carbocycles. The second kappa shape index (κ2) is 12.3. The van der Waals surface area contributed by atoms with Crippen molar-refractivity contribution in [3.05, 3.63) is 96.9 Å². The molecule has 0 bridgehead atoms. The zero-order valence-corrected chi connectivity index (χ0v) is 22.5. The number of carbonyl (C=O) groups is 3. The molecule has 3 aromatic carbocycles. The summed E-state index contributed by atoms with van der Waals surface area (Å²) < 4.78 is 11.3. The van der Waals surface area contributed by atoms with E-state index in [2.05, 4.69) is 5.32 Å². The van der Waals surface area contributed by atoms with Crippen LogP contribution in [0, 0.1) is 27.2 Å². The molecule has 0 atom stereocenters. The summed E-state index contributed by atoms with van der Waals surface area (Å²) in [5.74, 6) is -1.15. The first-order valence-corrected chi connectivity index (χ1v) is 12.9. The number of non-ortho nitro benzene ring substituents is 1. The van der Waals surface area contributed by atoms with E-state index in [1.807, 2.05) is 19.1 Å². The number of nitro benzene ring substituents is 2. The number of ether oxygens (including phenoxy) is 2. The quantitative estimate of drug-likeness (QED) is 0.179. The monoisotopic (exact) mass is 578 g/mol. The van der Waals surface area contributed by atoms with Gasteiger partial charge >= 0.3 is 5.69 Å². The number of hydrogen-bond donors (Lipinski definition) is 1. The predicted molar refractivity (Wildman–Crippen MR) is 150 cm³/mol. The molecule has 4 rings (SSSR count). The Morgan fingerprint density at radius 3 is 2.34 bits per heavy atom. The topological polar surface area (TPSA) is 171 Å². The van der Waals surface area contributed by atoms with E-state index in [9.17, 15) is 34.6 Å². The van der Waals surface area contributed by atoms with Gasteiger partial charge in [-0.2, -0.15) is 0 Å². The number of nitrogens with zero attached hydrogens (tertiary/aromatic N) is 3. The number of amides is 3. The Balaban J connectivity index is 1.53. The highest BCUT2D eigenvalue weighted by Gasteiger charge is 2.36. The highest BCUT2D eigenvalue weighted by atomic mass is 32.2. The van der Waals surface area contributed by atoms with Crippen LogP contribution in [0.2, 0.25) is 0 Å². The third kappa shape index (κ3) is 6.86. The molecule has 0 aromatic heterocycles. The normalized spacial score (nSPS) is 13.8. The van der Waals surface area contributed by atoms with Gasteiger partial charge in [0.15, 0.2) is 11.5 Å². The molecule has 41 heavy (non-hydrogen) atoms. The molecule has 14 heteroatoms. The molecule has 13 nitrogen and oxygen atoms in total. The van der Waals surface area contributed by atoms with E-state index < -0.39 is 44.8 Å². The number of hydrogen-bond acceptors (Lipinski definition) is 10. The number of anilines is 1. The van der Waals surface area contributed by atoms with Crippen LogP contribution >= 0.6 is 11.8 Å². The Kier molecular flexibility index (Phi) is 8.63. The van der Waals surface area contributed by atoms with Crippen molar-refractivity contribution in [3.8, 4) is 17.2 Å². The van der Waals surface area contributed by atoms with Crippen molar-refractivity contribution in [1.82, 2.24) is 4.90 Å². The maximum absolute atomic E-state index is 12.9. The number of nitro groups is 2. The summed E-state index contributed by atoms with van der Waals surface area (Å²) in [7, 11) is 0. The largest absolute Gasteiger partial charge is 0.490 e. The number of imide groups is 1. The molecule has 1 aliphatic heterocycles. The van der Waals surface area contributed by atoms with Gasteiger partial charge < -0.3 is 14.8 Å². The molecule has 0 unspecified atom stereocenters. The smallest absolute Gasteiger partial charge is 0.318 e. The van der Waals surface area contributed by atoms with Crippen LogP contribution in [0.15, 0.2) is 65.6 Å². The Hall–Kier alpha value is -5.24. The first kappa shape index (κ1) is 28.8. The van der Waals surface area contributed by atoms with Gasteiger partial charge in [0.25, 0.3) is 16.8 Å². The average molecular weight is 579 g/mol. The molecular weight excluding hydrogens is 556 g/mol. The van der Waals surface area contributed by atoms with Crippen LogP contribution in [0.5, 0.6) is 17.2 Å². The highest BCUT2D eigenvalue weighted by Crippen LogP contribution is 2.39. The van der Waals surface area contributed by atoms with Gasteiger partial charge in [0.2, 0.25) is 11.7 Å². The zero-order valence-electron chi connectivity index (χ0n) is 21.7. The van der Waals surface area contributed by atoms with E-state index in [1.54, 1.807) is 19.1 Å². The summed E-state index contributed by atoms with van der Waals surface area (Å²) >= 11 is 0.678. The Bertz CT molecular complexity index is 1590. The molecule has 1 fully saturated rings. The van der Waals surface area contributed by atoms with Gasteiger partial charge in [-0.15, -0.1) is 0 Å². The molecule has 1 heterocycles. The SMILES string of the molecule is CCOc1cc(/C=C2/SC(=O)N(CC(=O)Nc3ccc(C)cc3)C2=O)ccc1Oc1ccc([N+](=O)[O-])cc1[N+](=O)[O-]. The number of benzene rings is 3. The van der Waals surface area contributed by atoms with E-state index in [0.717, 1.165) is 28.7 Å². The molecule has 0 radical (unpaired) electrons. The van der Waals surface area contributed by atoms with Gasteiger partial charge in [-0.3, -0.25) is 39.5 Å². The molecular formula is C27H22N4O9S. The average Bonchev–Trinajstić information content (AvgIpc) is 3.18. The van der Waals surface area contributed by atoms with E-state index in [0.29, 0.717) is 23.0 Å². The van der Waals surface area contributed by atoms with Crippen molar-refractivity contribution < 1.29 is 33.7 Å². The van der Waals surface area contributed by atoms with Crippen molar-refractivity contribution in [2.24, 2.45) is 0 Å².